The Kier molecular flexibility index (Phi) is 4.98. The number of fused-ring (bicyclic) bond motifs is 1. The predicted octanol–water partition coefficient (Wildman–Crippen LogP) is 4.78. The van der Waals surface area contributed by atoms with Gasteiger partial charge in [-0.05, 0) is 36.8 Å². The van der Waals surface area contributed by atoms with E-state index in [1.807, 2.05) is 0 Å². The van der Waals surface area contributed by atoms with Gasteiger partial charge in [-0.3, -0.25) is 4.99 Å². The molecular formula is C17H25N. The first-order valence-electron chi connectivity index (χ1n) is 7.50. The number of benzene rings is 1. The second-order valence-electron chi connectivity index (χ2n) is 5.34. The molecule has 98 valence electrons. The van der Waals surface area contributed by atoms with E-state index in [-0.39, 0.29) is 0 Å². The zero-order valence-corrected chi connectivity index (χ0v) is 11.8. The molecule has 1 aromatic carbocycles. The summed E-state index contributed by atoms with van der Waals surface area (Å²) in [5.74, 6) is 0. The Morgan fingerprint density at radius 1 is 1.11 bits per heavy atom. The molecule has 1 heteroatoms. The van der Waals surface area contributed by atoms with E-state index in [0.29, 0.717) is 6.04 Å². The number of hydrogen-bond acceptors (Lipinski definition) is 1. The standard InChI is InChI=1S/C17H25N/c1-3-5-10-15-13-14-9-7-8-11-16(14)17(18-15)12-6-4-2/h7-9,11,15H,3-6,10,12-13H2,1-2H3. The normalized spacial score (nSPS) is 18.3. The molecule has 0 radical (unpaired) electrons. The fourth-order valence-corrected chi connectivity index (χ4v) is 2.72. The summed E-state index contributed by atoms with van der Waals surface area (Å²) in [4.78, 5) is 5.01. The fraction of sp³-hybridized carbons (Fsp3) is 0.588. The second kappa shape index (κ2) is 6.72. The highest BCUT2D eigenvalue weighted by Crippen LogP contribution is 2.24. The average Bonchev–Trinajstić information content (AvgIpc) is 2.42. The van der Waals surface area contributed by atoms with E-state index in [1.54, 1.807) is 0 Å². The van der Waals surface area contributed by atoms with Gasteiger partial charge in [0.15, 0.2) is 0 Å². The lowest BCUT2D eigenvalue weighted by Gasteiger charge is -2.23. The van der Waals surface area contributed by atoms with Gasteiger partial charge in [-0.1, -0.05) is 57.4 Å². The van der Waals surface area contributed by atoms with E-state index < -0.39 is 0 Å². The van der Waals surface area contributed by atoms with Gasteiger partial charge in [0, 0.05) is 5.71 Å². The molecule has 0 amide bonds. The Labute approximate surface area is 111 Å². The lowest BCUT2D eigenvalue weighted by molar-refractivity contribution is 0.568. The molecule has 0 N–H and O–H groups in total. The molecule has 1 unspecified atom stereocenters. The number of hydrogen-bond donors (Lipinski definition) is 0. The molecule has 1 atom stereocenters. The van der Waals surface area contributed by atoms with Crippen LogP contribution in [0.25, 0.3) is 0 Å². The Bertz CT molecular complexity index is 406. The SMILES string of the molecule is CCCCC1=NC(CCCC)Cc2ccccc21. The van der Waals surface area contributed by atoms with Gasteiger partial charge in [-0.2, -0.15) is 0 Å². The van der Waals surface area contributed by atoms with Crippen LogP contribution in [0.1, 0.15) is 63.5 Å². The van der Waals surface area contributed by atoms with Crippen LogP contribution in [0.15, 0.2) is 29.3 Å². The summed E-state index contributed by atoms with van der Waals surface area (Å²) >= 11 is 0. The zero-order chi connectivity index (χ0) is 12.8. The van der Waals surface area contributed by atoms with Gasteiger partial charge in [-0.25, -0.2) is 0 Å². The third kappa shape index (κ3) is 3.22. The van der Waals surface area contributed by atoms with Gasteiger partial charge in [0.25, 0.3) is 0 Å². The minimum atomic E-state index is 0.534. The van der Waals surface area contributed by atoms with Crippen LogP contribution in [0, 0.1) is 0 Å². The molecule has 18 heavy (non-hydrogen) atoms. The molecule has 0 bridgehead atoms. The molecule has 0 saturated heterocycles. The van der Waals surface area contributed by atoms with E-state index in [2.05, 4.69) is 38.1 Å². The lowest BCUT2D eigenvalue weighted by atomic mass is 9.90. The van der Waals surface area contributed by atoms with Crippen molar-refractivity contribution >= 4 is 5.71 Å². The second-order valence-corrected chi connectivity index (χ2v) is 5.34. The molecule has 1 heterocycles. The summed E-state index contributed by atoms with van der Waals surface area (Å²) in [5.41, 5.74) is 4.29. The van der Waals surface area contributed by atoms with Crippen LogP contribution < -0.4 is 0 Å². The van der Waals surface area contributed by atoms with Crippen molar-refractivity contribution in [2.75, 3.05) is 0 Å². The van der Waals surface area contributed by atoms with Gasteiger partial charge in [0.1, 0.15) is 0 Å². The summed E-state index contributed by atoms with van der Waals surface area (Å²) in [7, 11) is 0. The molecule has 0 fully saturated rings. The van der Waals surface area contributed by atoms with Crippen LogP contribution in [0.2, 0.25) is 0 Å². The smallest absolute Gasteiger partial charge is 0.0543 e. The van der Waals surface area contributed by atoms with Crippen molar-refractivity contribution in [1.82, 2.24) is 0 Å². The van der Waals surface area contributed by atoms with Gasteiger partial charge in [0.05, 0.1) is 6.04 Å². The molecule has 0 aromatic heterocycles. The molecule has 2 rings (SSSR count). The first-order valence-corrected chi connectivity index (χ1v) is 7.50. The fourth-order valence-electron chi connectivity index (χ4n) is 2.72. The number of nitrogens with zero attached hydrogens (tertiary/aromatic N) is 1. The minimum Gasteiger partial charge on any atom is -0.285 e. The van der Waals surface area contributed by atoms with Crippen molar-refractivity contribution in [3.8, 4) is 0 Å². The Morgan fingerprint density at radius 3 is 2.67 bits per heavy atom. The first kappa shape index (κ1) is 13.3. The Balaban J connectivity index is 2.16. The van der Waals surface area contributed by atoms with Crippen molar-refractivity contribution in [1.29, 1.82) is 0 Å². The third-order valence-electron chi connectivity index (χ3n) is 3.78. The van der Waals surface area contributed by atoms with E-state index >= 15 is 0 Å². The van der Waals surface area contributed by atoms with Crippen LogP contribution in [0.3, 0.4) is 0 Å². The van der Waals surface area contributed by atoms with Crippen LogP contribution in [-0.4, -0.2) is 11.8 Å². The third-order valence-corrected chi connectivity index (χ3v) is 3.78. The molecule has 1 aliphatic heterocycles. The summed E-state index contributed by atoms with van der Waals surface area (Å²) in [5, 5.41) is 0. The highest BCUT2D eigenvalue weighted by molar-refractivity contribution is 6.02. The minimum absolute atomic E-state index is 0.534. The maximum atomic E-state index is 5.01. The topological polar surface area (TPSA) is 12.4 Å². The molecule has 1 nitrogen and oxygen atoms in total. The van der Waals surface area contributed by atoms with E-state index in [4.69, 9.17) is 4.99 Å². The van der Waals surface area contributed by atoms with E-state index in [0.717, 1.165) is 12.8 Å². The van der Waals surface area contributed by atoms with Crippen molar-refractivity contribution in [3.63, 3.8) is 0 Å². The summed E-state index contributed by atoms with van der Waals surface area (Å²) < 4.78 is 0. The quantitative estimate of drug-likeness (QED) is 0.681. The summed E-state index contributed by atoms with van der Waals surface area (Å²) in [6.07, 6.45) is 8.63. The molecule has 0 saturated carbocycles. The Hall–Kier alpha value is -1.11. The number of unbranched alkanes of at least 4 members (excludes halogenated alkanes) is 2. The van der Waals surface area contributed by atoms with Crippen LogP contribution in [0.5, 0.6) is 0 Å². The lowest BCUT2D eigenvalue weighted by Crippen LogP contribution is -2.21. The predicted molar refractivity (Wildman–Crippen MR) is 79.5 cm³/mol. The van der Waals surface area contributed by atoms with Gasteiger partial charge in [0.2, 0.25) is 0 Å². The number of aliphatic imine (C=N–C) groups is 1. The van der Waals surface area contributed by atoms with Crippen molar-refractivity contribution in [2.45, 2.75) is 64.8 Å². The van der Waals surface area contributed by atoms with E-state index in [1.165, 1.54) is 48.9 Å². The van der Waals surface area contributed by atoms with Gasteiger partial charge < -0.3 is 0 Å². The van der Waals surface area contributed by atoms with Crippen LogP contribution in [0.4, 0.5) is 0 Å². The van der Waals surface area contributed by atoms with Crippen LogP contribution >= 0.6 is 0 Å². The maximum absolute atomic E-state index is 5.01. The zero-order valence-electron chi connectivity index (χ0n) is 11.8. The highest BCUT2D eigenvalue weighted by atomic mass is 14.8. The maximum Gasteiger partial charge on any atom is 0.0543 e. The van der Waals surface area contributed by atoms with Crippen molar-refractivity contribution in [3.05, 3.63) is 35.4 Å². The van der Waals surface area contributed by atoms with Gasteiger partial charge >= 0.3 is 0 Å². The number of rotatable bonds is 6. The van der Waals surface area contributed by atoms with Crippen molar-refractivity contribution < 1.29 is 0 Å². The Morgan fingerprint density at radius 2 is 1.89 bits per heavy atom. The summed E-state index contributed by atoms with van der Waals surface area (Å²) in [6, 6.07) is 9.38. The van der Waals surface area contributed by atoms with E-state index in [9.17, 15) is 0 Å². The molecule has 0 aliphatic carbocycles. The average molecular weight is 243 g/mol. The highest BCUT2D eigenvalue weighted by Gasteiger charge is 2.19. The molecule has 0 spiro atoms. The monoisotopic (exact) mass is 243 g/mol. The molecule has 1 aromatic rings. The largest absolute Gasteiger partial charge is 0.285 e. The van der Waals surface area contributed by atoms with Gasteiger partial charge in [-0.15, -0.1) is 0 Å². The molecular weight excluding hydrogens is 218 g/mol. The van der Waals surface area contributed by atoms with Crippen LogP contribution in [-0.2, 0) is 6.42 Å². The van der Waals surface area contributed by atoms with Crippen molar-refractivity contribution in [2.24, 2.45) is 4.99 Å². The first-order chi connectivity index (χ1) is 8.85. The summed E-state index contributed by atoms with van der Waals surface area (Å²) in [6.45, 7) is 4.52. The molecule has 1 aliphatic rings.